The molecular weight excluding hydrogens is 286 g/mol. The third kappa shape index (κ3) is 2.34. The first kappa shape index (κ1) is 12.5. The minimum absolute atomic E-state index is 0.0324. The Morgan fingerprint density at radius 2 is 1.71 bits per heavy atom. The number of carbonyl (C=O) groups is 2. The molecule has 1 aromatic rings. The van der Waals surface area contributed by atoms with Crippen molar-refractivity contribution in [3.8, 4) is 0 Å². The zero-order valence-electron chi connectivity index (χ0n) is 8.49. The summed E-state index contributed by atoms with van der Waals surface area (Å²) in [5.74, 6) is -0.353. The summed E-state index contributed by atoms with van der Waals surface area (Å²) in [6.45, 7) is -0.0353. The van der Waals surface area contributed by atoms with E-state index in [9.17, 15) is 9.59 Å². The Labute approximate surface area is 113 Å². The first-order chi connectivity index (χ1) is 8.02. The van der Waals surface area contributed by atoms with Crippen LogP contribution in [0.15, 0.2) is 18.2 Å². The zero-order valence-corrected chi connectivity index (χ0v) is 10.8. The fraction of sp³-hybridized carbons (Fsp3) is 0.200. The summed E-state index contributed by atoms with van der Waals surface area (Å²) in [5, 5.41) is 0.717. The number of amides is 3. The standard InChI is InChI=1S/C10H7Cl3N2O2/c11-5-14-4-9(16)15(10(14)17)8-2-6(12)1-7(13)3-8/h1-3H,4-5H2. The van der Waals surface area contributed by atoms with Crippen molar-refractivity contribution in [3.05, 3.63) is 28.2 Å². The maximum Gasteiger partial charge on any atom is 0.332 e. The Kier molecular flexibility index (Phi) is 3.47. The lowest BCUT2D eigenvalue weighted by atomic mass is 10.3. The number of anilines is 1. The molecule has 4 nitrogen and oxygen atoms in total. The largest absolute Gasteiger partial charge is 0.332 e. The van der Waals surface area contributed by atoms with Gasteiger partial charge in [0.15, 0.2) is 0 Å². The first-order valence-electron chi connectivity index (χ1n) is 4.67. The molecule has 0 aromatic heterocycles. The predicted molar refractivity (Wildman–Crippen MR) is 66.8 cm³/mol. The number of imide groups is 1. The molecule has 17 heavy (non-hydrogen) atoms. The average Bonchev–Trinajstić information content (AvgIpc) is 2.52. The van der Waals surface area contributed by atoms with Crippen LogP contribution in [-0.4, -0.2) is 29.4 Å². The minimum Gasteiger partial charge on any atom is -0.301 e. The topological polar surface area (TPSA) is 40.6 Å². The van der Waals surface area contributed by atoms with Gasteiger partial charge in [0.25, 0.3) is 5.91 Å². The van der Waals surface area contributed by atoms with Crippen LogP contribution in [0.25, 0.3) is 0 Å². The second-order valence-corrected chi connectivity index (χ2v) is 4.57. The molecule has 0 atom stereocenters. The van der Waals surface area contributed by atoms with Crippen LogP contribution in [0.2, 0.25) is 10.0 Å². The number of nitrogens with zero attached hydrogens (tertiary/aromatic N) is 2. The Hall–Kier alpha value is -0.970. The lowest BCUT2D eigenvalue weighted by Gasteiger charge is -2.15. The van der Waals surface area contributed by atoms with E-state index in [1.807, 2.05) is 0 Å². The second kappa shape index (κ2) is 4.72. The van der Waals surface area contributed by atoms with Crippen LogP contribution in [0.1, 0.15) is 0 Å². The number of urea groups is 1. The molecule has 1 saturated heterocycles. The number of hydrogen-bond acceptors (Lipinski definition) is 2. The van der Waals surface area contributed by atoms with Gasteiger partial charge < -0.3 is 4.90 Å². The number of alkyl halides is 1. The number of rotatable bonds is 2. The Bertz CT molecular complexity index is 472. The molecule has 0 bridgehead atoms. The number of halogens is 3. The molecule has 0 spiro atoms. The van der Waals surface area contributed by atoms with Crippen molar-refractivity contribution in [1.29, 1.82) is 0 Å². The maximum atomic E-state index is 11.8. The van der Waals surface area contributed by atoms with Crippen molar-refractivity contribution < 1.29 is 9.59 Å². The molecule has 0 unspecified atom stereocenters. The number of hydrogen-bond donors (Lipinski definition) is 0. The van der Waals surface area contributed by atoms with E-state index >= 15 is 0 Å². The normalized spacial score (nSPS) is 15.9. The van der Waals surface area contributed by atoms with Gasteiger partial charge >= 0.3 is 6.03 Å². The van der Waals surface area contributed by atoms with Crippen LogP contribution in [-0.2, 0) is 4.79 Å². The van der Waals surface area contributed by atoms with E-state index in [1.54, 1.807) is 0 Å². The van der Waals surface area contributed by atoms with Crippen LogP contribution < -0.4 is 4.90 Å². The first-order valence-corrected chi connectivity index (χ1v) is 5.96. The van der Waals surface area contributed by atoms with E-state index in [-0.39, 0.29) is 18.5 Å². The highest BCUT2D eigenvalue weighted by Gasteiger charge is 2.36. The lowest BCUT2D eigenvalue weighted by Crippen LogP contribution is -2.32. The van der Waals surface area contributed by atoms with E-state index in [2.05, 4.69) is 0 Å². The Morgan fingerprint density at radius 3 is 2.18 bits per heavy atom. The van der Waals surface area contributed by atoms with Crippen molar-refractivity contribution in [1.82, 2.24) is 4.90 Å². The van der Waals surface area contributed by atoms with E-state index in [0.29, 0.717) is 15.7 Å². The fourth-order valence-electron chi connectivity index (χ4n) is 1.57. The van der Waals surface area contributed by atoms with Crippen LogP contribution in [0, 0.1) is 0 Å². The van der Waals surface area contributed by atoms with Crippen LogP contribution in [0.3, 0.4) is 0 Å². The molecule has 1 heterocycles. The molecular formula is C10H7Cl3N2O2. The summed E-state index contributed by atoms with van der Waals surface area (Å²) < 4.78 is 0. The number of carbonyl (C=O) groups excluding carboxylic acids is 2. The summed E-state index contributed by atoms with van der Waals surface area (Å²) in [6.07, 6.45) is 0. The zero-order chi connectivity index (χ0) is 12.6. The van der Waals surface area contributed by atoms with E-state index in [0.717, 1.165) is 4.90 Å². The van der Waals surface area contributed by atoms with Crippen LogP contribution >= 0.6 is 34.8 Å². The quantitative estimate of drug-likeness (QED) is 0.478. The van der Waals surface area contributed by atoms with Crippen molar-refractivity contribution in [2.75, 3.05) is 17.4 Å². The van der Waals surface area contributed by atoms with E-state index in [1.165, 1.54) is 23.1 Å². The van der Waals surface area contributed by atoms with Crippen molar-refractivity contribution in [3.63, 3.8) is 0 Å². The molecule has 1 fully saturated rings. The highest BCUT2D eigenvalue weighted by Crippen LogP contribution is 2.28. The molecule has 1 aliphatic rings. The van der Waals surface area contributed by atoms with Gasteiger partial charge in [-0.25, -0.2) is 9.69 Å². The van der Waals surface area contributed by atoms with Crippen molar-refractivity contribution in [2.24, 2.45) is 0 Å². The van der Waals surface area contributed by atoms with Gasteiger partial charge in [0.05, 0.1) is 11.7 Å². The summed E-state index contributed by atoms with van der Waals surface area (Å²) in [6, 6.07) is 4.03. The summed E-state index contributed by atoms with van der Waals surface area (Å²) >= 11 is 17.2. The highest BCUT2D eigenvalue weighted by atomic mass is 35.5. The maximum absolute atomic E-state index is 11.8. The average molecular weight is 294 g/mol. The molecule has 1 aromatic carbocycles. The van der Waals surface area contributed by atoms with E-state index in [4.69, 9.17) is 34.8 Å². The van der Waals surface area contributed by atoms with Gasteiger partial charge in [-0.05, 0) is 18.2 Å². The third-order valence-corrected chi connectivity index (χ3v) is 3.01. The molecule has 2 rings (SSSR count). The van der Waals surface area contributed by atoms with Gasteiger partial charge in [-0.1, -0.05) is 23.2 Å². The monoisotopic (exact) mass is 292 g/mol. The summed E-state index contributed by atoms with van der Waals surface area (Å²) in [5.41, 5.74) is 0.352. The molecule has 3 amide bonds. The SMILES string of the molecule is O=C1CN(CCl)C(=O)N1c1cc(Cl)cc(Cl)c1. The Balaban J connectivity index is 2.39. The summed E-state index contributed by atoms with van der Waals surface area (Å²) in [4.78, 5) is 25.8. The van der Waals surface area contributed by atoms with Gasteiger partial charge in [-0.2, -0.15) is 0 Å². The smallest absolute Gasteiger partial charge is 0.301 e. The van der Waals surface area contributed by atoms with Crippen molar-refractivity contribution >= 4 is 52.4 Å². The number of benzene rings is 1. The van der Waals surface area contributed by atoms with Gasteiger partial charge in [0, 0.05) is 10.0 Å². The van der Waals surface area contributed by atoms with Gasteiger partial charge in [-0.3, -0.25) is 4.79 Å². The second-order valence-electron chi connectivity index (χ2n) is 3.46. The third-order valence-electron chi connectivity index (χ3n) is 2.29. The van der Waals surface area contributed by atoms with Crippen LogP contribution in [0.4, 0.5) is 10.5 Å². The summed E-state index contributed by atoms with van der Waals surface area (Å²) in [7, 11) is 0. The fourth-order valence-corrected chi connectivity index (χ4v) is 2.27. The van der Waals surface area contributed by atoms with E-state index < -0.39 is 6.03 Å². The molecule has 0 N–H and O–H groups in total. The van der Waals surface area contributed by atoms with Gasteiger partial charge in [-0.15, -0.1) is 11.6 Å². The molecule has 7 heteroatoms. The molecule has 0 aliphatic carbocycles. The predicted octanol–water partition coefficient (Wildman–Crippen LogP) is 2.96. The highest BCUT2D eigenvalue weighted by molar-refractivity contribution is 6.35. The molecule has 1 aliphatic heterocycles. The minimum atomic E-state index is -0.469. The van der Waals surface area contributed by atoms with Gasteiger partial charge in [0.1, 0.15) is 6.54 Å². The molecule has 90 valence electrons. The molecule has 0 radical (unpaired) electrons. The van der Waals surface area contributed by atoms with Crippen molar-refractivity contribution in [2.45, 2.75) is 0 Å². The van der Waals surface area contributed by atoms with Crippen LogP contribution in [0.5, 0.6) is 0 Å². The van der Waals surface area contributed by atoms with Gasteiger partial charge in [0.2, 0.25) is 0 Å². The molecule has 0 saturated carbocycles. The Morgan fingerprint density at radius 1 is 1.12 bits per heavy atom. The lowest BCUT2D eigenvalue weighted by molar-refractivity contribution is -0.116.